The maximum Gasteiger partial charge on any atom is 0.145 e. The van der Waals surface area contributed by atoms with E-state index in [9.17, 15) is 9.50 Å². The highest BCUT2D eigenvalue weighted by atomic mass is 35.5. The first-order valence-corrected chi connectivity index (χ1v) is 12.3. The van der Waals surface area contributed by atoms with Gasteiger partial charge in [0.05, 0.1) is 35.5 Å². The molecule has 0 spiro atoms. The van der Waals surface area contributed by atoms with Crippen molar-refractivity contribution in [2.45, 2.75) is 69.9 Å². The molecule has 2 aliphatic rings. The Labute approximate surface area is 208 Å². The highest BCUT2D eigenvalue weighted by molar-refractivity contribution is 6.39. The number of nitrogens with zero attached hydrogens (tertiary/aromatic N) is 1. The molecule has 2 saturated carbocycles. The van der Waals surface area contributed by atoms with E-state index in [0.29, 0.717) is 39.4 Å². The molecular formula is C26H28Cl2FNO4. The Morgan fingerprint density at radius 2 is 1.68 bits per heavy atom. The first kappa shape index (κ1) is 25.1. The molecule has 182 valence electrons. The van der Waals surface area contributed by atoms with Gasteiger partial charge in [-0.25, -0.2) is 4.39 Å². The number of benzene rings is 2. The van der Waals surface area contributed by atoms with Crippen molar-refractivity contribution in [1.82, 2.24) is 5.16 Å². The summed E-state index contributed by atoms with van der Waals surface area (Å²) < 4.78 is 24.0. The summed E-state index contributed by atoms with van der Waals surface area (Å²) in [7, 11) is 0. The lowest BCUT2D eigenvalue weighted by Crippen LogP contribution is -2.24. The van der Waals surface area contributed by atoms with Gasteiger partial charge in [-0.3, -0.25) is 0 Å². The molecule has 0 saturated heterocycles. The van der Waals surface area contributed by atoms with Gasteiger partial charge in [0.15, 0.2) is 0 Å². The number of aliphatic hydroxyl groups is 2. The largest absolute Gasteiger partial charge is 0.393 e. The van der Waals surface area contributed by atoms with E-state index in [1.165, 1.54) is 12.1 Å². The third kappa shape index (κ3) is 6.37. The third-order valence-electron chi connectivity index (χ3n) is 6.14. The monoisotopic (exact) mass is 507 g/mol. The van der Waals surface area contributed by atoms with Crippen LogP contribution in [0.25, 0.3) is 11.3 Å². The van der Waals surface area contributed by atoms with Crippen LogP contribution in [0.15, 0.2) is 47.0 Å². The molecule has 0 radical (unpaired) electrons. The fourth-order valence-electron chi connectivity index (χ4n) is 4.10. The Bertz CT molecular complexity index is 1070. The van der Waals surface area contributed by atoms with Crippen LogP contribution in [-0.4, -0.2) is 27.6 Å². The topological polar surface area (TPSA) is 75.7 Å². The van der Waals surface area contributed by atoms with Gasteiger partial charge in [-0.05, 0) is 68.4 Å². The van der Waals surface area contributed by atoms with Crippen LogP contribution in [0.2, 0.25) is 10.0 Å². The van der Waals surface area contributed by atoms with Gasteiger partial charge in [-0.2, -0.15) is 0 Å². The molecule has 1 heterocycles. The zero-order chi connectivity index (χ0) is 24.1. The number of aliphatic hydroxyl groups excluding tert-OH is 2. The number of halogens is 3. The van der Waals surface area contributed by atoms with Gasteiger partial charge in [-0.1, -0.05) is 46.6 Å². The molecule has 2 aromatic carbocycles. The van der Waals surface area contributed by atoms with Crippen LogP contribution in [0.5, 0.6) is 0 Å². The number of aromatic nitrogens is 1. The molecule has 2 N–H and O–H groups in total. The number of rotatable bonds is 6. The molecule has 2 aliphatic carbocycles. The van der Waals surface area contributed by atoms with Gasteiger partial charge in [-0.15, -0.1) is 0 Å². The second-order valence-electron chi connectivity index (χ2n) is 8.77. The molecule has 1 aromatic heterocycles. The quantitative estimate of drug-likeness (QED) is 0.389. The Balaban J connectivity index is 0.000000257. The lowest BCUT2D eigenvalue weighted by atomic mass is 9.95. The summed E-state index contributed by atoms with van der Waals surface area (Å²) in [6.07, 6.45) is 5.58. The molecule has 0 bridgehead atoms. The lowest BCUT2D eigenvalue weighted by molar-refractivity contribution is -0.0121. The van der Waals surface area contributed by atoms with Crippen LogP contribution < -0.4 is 0 Å². The van der Waals surface area contributed by atoms with E-state index in [1.54, 1.807) is 24.3 Å². The van der Waals surface area contributed by atoms with Crippen LogP contribution in [0.1, 0.15) is 61.3 Å². The van der Waals surface area contributed by atoms with Crippen LogP contribution in [0.4, 0.5) is 4.39 Å². The third-order valence-corrected chi connectivity index (χ3v) is 6.77. The molecular weight excluding hydrogens is 480 g/mol. The number of ether oxygens (including phenoxy) is 1. The lowest BCUT2D eigenvalue weighted by Gasteiger charge is -2.25. The van der Waals surface area contributed by atoms with Crippen LogP contribution in [-0.2, 0) is 18.0 Å². The average Bonchev–Trinajstić information content (AvgIpc) is 3.59. The van der Waals surface area contributed by atoms with E-state index in [2.05, 4.69) is 5.16 Å². The number of hydrogen-bond donors (Lipinski definition) is 2. The normalized spacial score (nSPS) is 20.0. The van der Waals surface area contributed by atoms with Crippen molar-refractivity contribution in [1.29, 1.82) is 0 Å². The van der Waals surface area contributed by atoms with Crippen LogP contribution in [0.3, 0.4) is 0 Å². The van der Waals surface area contributed by atoms with Crippen molar-refractivity contribution in [3.05, 3.63) is 75.2 Å². The van der Waals surface area contributed by atoms with E-state index in [-0.39, 0.29) is 24.6 Å². The van der Waals surface area contributed by atoms with Crippen molar-refractivity contribution in [2.75, 3.05) is 0 Å². The highest BCUT2D eigenvalue weighted by Gasteiger charge is 2.34. The maximum atomic E-state index is 12.2. The smallest absolute Gasteiger partial charge is 0.145 e. The van der Waals surface area contributed by atoms with Crippen LogP contribution in [0, 0.1) is 5.82 Å². The summed E-state index contributed by atoms with van der Waals surface area (Å²) in [6.45, 7) is 0.338. The molecule has 8 heteroatoms. The molecule has 0 unspecified atom stereocenters. The minimum atomic E-state index is -0.304. The summed E-state index contributed by atoms with van der Waals surface area (Å²) >= 11 is 12.7. The Kier molecular flexibility index (Phi) is 8.61. The molecule has 3 aromatic rings. The Morgan fingerprint density at radius 1 is 1.00 bits per heavy atom. The SMILES string of the molecule is OC1CCC(OCc2c(-c3c(Cl)cccc3Cl)noc2C2CC2)CC1.OCc1cccc(F)c1. The van der Waals surface area contributed by atoms with Gasteiger partial charge >= 0.3 is 0 Å². The minimum absolute atomic E-state index is 0.0994. The Morgan fingerprint density at radius 3 is 2.26 bits per heavy atom. The molecule has 0 aliphatic heterocycles. The van der Waals surface area contributed by atoms with Crippen LogP contribution >= 0.6 is 23.2 Å². The second-order valence-corrected chi connectivity index (χ2v) is 9.59. The summed E-state index contributed by atoms with van der Waals surface area (Å²) in [5, 5.41) is 23.5. The highest BCUT2D eigenvalue weighted by Crippen LogP contribution is 2.46. The van der Waals surface area contributed by atoms with Gasteiger partial charge in [0.25, 0.3) is 0 Å². The van der Waals surface area contributed by atoms with Crippen molar-refractivity contribution in [3.63, 3.8) is 0 Å². The first-order valence-electron chi connectivity index (χ1n) is 11.5. The fourth-order valence-corrected chi connectivity index (χ4v) is 4.67. The molecule has 5 rings (SSSR count). The van der Waals surface area contributed by atoms with E-state index in [1.807, 2.05) is 6.07 Å². The van der Waals surface area contributed by atoms with Crippen molar-refractivity contribution >= 4 is 23.2 Å². The van der Waals surface area contributed by atoms with Gasteiger partial charge in [0.2, 0.25) is 0 Å². The first-order chi connectivity index (χ1) is 16.5. The minimum Gasteiger partial charge on any atom is -0.393 e. The number of hydrogen-bond acceptors (Lipinski definition) is 5. The predicted octanol–water partition coefficient (Wildman–Crippen LogP) is 6.66. The van der Waals surface area contributed by atoms with E-state index in [0.717, 1.165) is 49.8 Å². The fraction of sp³-hybridized carbons (Fsp3) is 0.423. The van der Waals surface area contributed by atoms with Crippen molar-refractivity contribution < 1.29 is 23.9 Å². The van der Waals surface area contributed by atoms with Gasteiger partial charge in [0, 0.05) is 17.0 Å². The summed E-state index contributed by atoms with van der Waals surface area (Å²) in [5.41, 5.74) is 2.96. The van der Waals surface area contributed by atoms with Crippen molar-refractivity contribution in [2.24, 2.45) is 0 Å². The molecule has 0 atom stereocenters. The zero-order valence-corrected chi connectivity index (χ0v) is 20.2. The van der Waals surface area contributed by atoms with Crippen molar-refractivity contribution in [3.8, 4) is 11.3 Å². The molecule has 2 fully saturated rings. The van der Waals surface area contributed by atoms with E-state index < -0.39 is 0 Å². The molecule has 5 nitrogen and oxygen atoms in total. The van der Waals surface area contributed by atoms with Gasteiger partial charge < -0.3 is 19.5 Å². The molecule has 0 amide bonds. The predicted molar refractivity (Wildman–Crippen MR) is 129 cm³/mol. The summed E-state index contributed by atoms with van der Waals surface area (Å²) in [4.78, 5) is 0. The molecule has 34 heavy (non-hydrogen) atoms. The zero-order valence-electron chi connectivity index (χ0n) is 18.7. The van der Waals surface area contributed by atoms with E-state index >= 15 is 0 Å². The Hall–Kier alpha value is -1.96. The van der Waals surface area contributed by atoms with Gasteiger partial charge in [0.1, 0.15) is 17.3 Å². The summed E-state index contributed by atoms with van der Waals surface area (Å²) in [6, 6.07) is 11.3. The standard InChI is InChI=1S/C19H21Cl2NO3.C7H7FO/c20-15-2-1-3-16(21)17(15)18-14(19(25-22-18)11-4-5-11)10-24-13-8-6-12(23)7-9-13;8-7-3-1-2-6(4-7)5-9/h1-3,11-13,23H,4-10H2;1-4,9H,5H2. The van der Waals surface area contributed by atoms with E-state index in [4.69, 9.17) is 37.6 Å². The summed E-state index contributed by atoms with van der Waals surface area (Å²) in [5.74, 6) is 1.03. The second kappa shape index (κ2) is 11.6. The maximum absolute atomic E-state index is 12.2. The average molecular weight is 508 g/mol.